The van der Waals surface area contributed by atoms with E-state index in [-0.39, 0.29) is 29.3 Å². The molecule has 2 unspecified atom stereocenters. The largest absolute Gasteiger partial charge is 0.338 e. The normalized spacial score (nSPS) is 26.5. The van der Waals surface area contributed by atoms with Crippen LogP contribution in [0.25, 0.3) is 0 Å². The molecule has 2 N–H and O–H groups in total. The quantitative estimate of drug-likeness (QED) is 0.863. The Labute approximate surface area is 156 Å². The molecule has 142 valence electrons. The lowest BCUT2D eigenvalue weighted by atomic mass is 9.65. The van der Waals surface area contributed by atoms with Crippen molar-refractivity contribution < 1.29 is 9.59 Å². The number of carbonyl (C=O) groups excluding carboxylic acids is 2. The lowest BCUT2D eigenvalue weighted by Gasteiger charge is -2.39. The molecular weight excluding hydrogens is 326 g/mol. The van der Waals surface area contributed by atoms with E-state index in [2.05, 4.69) is 31.4 Å². The SMILES string of the molecule is Cc1cccc(C)c1NC(=O)NCC(=O)N1CC2(C)CC1CC(C)(C)C2. The molecule has 5 heteroatoms. The van der Waals surface area contributed by atoms with Crippen molar-refractivity contribution in [1.82, 2.24) is 10.2 Å². The summed E-state index contributed by atoms with van der Waals surface area (Å²) in [5.41, 5.74) is 3.32. The molecule has 5 nitrogen and oxygen atoms in total. The first-order valence-corrected chi connectivity index (χ1v) is 9.49. The minimum absolute atomic E-state index is 0.0214. The van der Waals surface area contributed by atoms with E-state index in [9.17, 15) is 9.59 Å². The summed E-state index contributed by atoms with van der Waals surface area (Å²) in [5, 5.41) is 5.60. The Balaban J connectivity index is 1.57. The molecule has 1 saturated heterocycles. The Kier molecular flexibility index (Phi) is 4.76. The lowest BCUT2D eigenvalue weighted by molar-refractivity contribution is -0.131. The van der Waals surface area contributed by atoms with Gasteiger partial charge in [-0.05, 0) is 55.1 Å². The molecule has 1 aromatic rings. The Morgan fingerprint density at radius 2 is 1.81 bits per heavy atom. The Hall–Kier alpha value is -2.04. The van der Waals surface area contributed by atoms with Crippen molar-refractivity contribution in [3.8, 4) is 0 Å². The van der Waals surface area contributed by atoms with Crippen LogP contribution < -0.4 is 10.6 Å². The van der Waals surface area contributed by atoms with Crippen LogP contribution in [0.15, 0.2) is 18.2 Å². The second-order valence-electron chi connectivity index (χ2n) is 9.31. The minimum atomic E-state index is -0.329. The average molecular weight is 357 g/mol. The van der Waals surface area contributed by atoms with Gasteiger partial charge in [0, 0.05) is 18.3 Å². The molecular formula is C21H31N3O2. The van der Waals surface area contributed by atoms with Gasteiger partial charge in [-0.3, -0.25) is 4.79 Å². The van der Waals surface area contributed by atoms with Gasteiger partial charge in [0.1, 0.15) is 0 Å². The van der Waals surface area contributed by atoms with E-state index in [1.165, 1.54) is 0 Å². The number of likely N-dealkylation sites (tertiary alicyclic amines) is 1. The van der Waals surface area contributed by atoms with E-state index in [4.69, 9.17) is 0 Å². The highest BCUT2D eigenvalue weighted by Gasteiger charge is 2.50. The highest BCUT2D eigenvalue weighted by atomic mass is 16.2. The van der Waals surface area contributed by atoms with Crippen LogP contribution in [0.5, 0.6) is 0 Å². The zero-order chi connectivity index (χ0) is 19.1. The first-order valence-electron chi connectivity index (χ1n) is 9.49. The monoisotopic (exact) mass is 357 g/mol. The molecule has 1 aliphatic carbocycles. The fourth-order valence-electron chi connectivity index (χ4n) is 5.18. The zero-order valence-electron chi connectivity index (χ0n) is 16.6. The first kappa shape index (κ1) is 18.7. The second kappa shape index (κ2) is 6.60. The van der Waals surface area contributed by atoms with Crippen molar-refractivity contribution >= 4 is 17.6 Å². The first-order chi connectivity index (χ1) is 12.1. The molecule has 1 heterocycles. The number of nitrogens with zero attached hydrogens (tertiary/aromatic N) is 1. The lowest BCUT2D eigenvalue weighted by Crippen LogP contribution is -2.44. The maximum absolute atomic E-state index is 12.7. The molecule has 3 rings (SSSR count). The van der Waals surface area contributed by atoms with Crippen molar-refractivity contribution in [2.75, 3.05) is 18.4 Å². The third-order valence-electron chi connectivity index (χ3n) is 5.85. The summed E-state index contributed by atoms with van der Waals surface area (Å²) in [6.07, 6.45) is 3.28. The maximum atomic E-state index is 12.7. The molecule has 1 aliphatic heterocycles. The molecule has 2 atom stereocenters. The van der Waals surface area contributed by atoms with Crippen molar-refractivity contribution in [2.24, 2.45) is 10.8 Å². The van der Waals surface area contributed by atoms with Crippen LogP contribution >= 0.6 is 0 Å². The van der Waals surface area contributed by atoms with Crippen molar-refractivity contribution in [3.63, 3.8) is 0 Å². The summed E-state index contributed by atoms with van der Waals surface area (Å²) in [7, 11) is 0. The molecule has 1 aromatic carbocycles. The molecule has 26 heavy (non-hydrogen) atoms. The van der Waals surface area contributed by atoms with Gasteiger partial charge in [0.2, 0.25) is 5.91 Å². The van der Waals surface area contributed by atoms with Crippen LogP contribution in [-0.4, -0.2) is 36.0 Å². The number of hydrogen-bond donors (Lipinski definition) is 2. The fraction of sp³-hybridized carbons (Fsp3) is 0.619. The number of aryl methyl sites for hydroxylation is 2. The number of fused-ring (bicyclic) bond motifs is 2. The number of urea groups is 1. The van der Waals surface area contributed by atoms with E-state index in [0.29, 0.717) is 6.04 Å². The molecule has 2 bridgehead atoms. The number of rotatable bonds is 3. The molecule has 1 saturated carbocycles. The number of hydrogen-bond acceptors (Lipinski definition) is 2. The van der Waals surface area contributed by atoms with Crippen molar-refractivity contribution in [2.45, 2.75) is 59.9 Å². The Morgan fingerprint density at radius 3 is 2.46 bits per heavy atom. The minimum Gasteiger partial charge on any atom is -0.338 e. The van der Waals surface area contributed by atoms with E-state index < -0.39 is 0 Å². The number of nitrogens with one attached hydrogen (secondary N) is 2. The average Bonchev–Trinajstić information content (AvgIpc) is 2.77. The Morgan fingerprint density at radius 1 is 1.15 bits per heavy atom. The summed E-state index contributed by atoms with van der Waals surface area (Å²) < 4.78 is 0. The number of carbonyl (C=O) groups is 2. The number of benzene rings is 1. The summed E-state index contributed by atoms with van der Waals surface area (Å²) in [6.45, 7) is 11.6. The number of amides is 3. The molecule has 3 amide bonds. The van der Waals surface area contributed by atoms with Gasteiger partial charge >= 0.3 is 6.03 Å². The zero-order valence-corrected chi connectivity index (χ0v) is 16.6. The third kappa shape index (κ3) is 3.87. The Bertz CT molecular complexity index is 708. The molecule has 0 radical (unpaired) electrons. The highest BCUT2D eigenvalue weighted by molar-refractivity contribution is 5.93. The van der Waals surface area contributed by atoms with Gasteiger partial charge in [-0.15, -0.1) is 0 Å². The van der Waals surface area contributed by atoms with Gasteiger partial charge in [-0.2, -0.15) is 0 Å². The number of para-hydroxylation sites is 1. The van der Waals surface area contributed by atoms with Gasteiger partial charge in [0.05, 0.1) is 6.54 Å². The summed E-state index contributed by atoms with van der Waals surface area (Å²) in [6, 6.07) is 5.86. The van der Waals surface area contributed by atoms with Crippen LogP contribution in [-0.2, 0) is 4.79 Å². The molecule has 0 aromatic heterocycles. The van der Waals surface area contributed by atoms with Gasteiger partial charge in [-0.1, -0.05) is 39.0 Å². The van der Waals surface area contributed by atoms with E-state index >= 15 is 0 Å². The van der Waals surface area contributed by atoms with Gasteiger partial charge in [0.15, 0.2) is 0 Å². The highest BCUT2D eigenvalue weighted by Crippen LogP contribution is 2.52. The van der Waals surface area contributed by atoms with Crippen LogP contribution in [0, 0.1) is 24.7 Å². The standard InChI is InChI=1S/C21H31N3O2/c1-14-7-6-8-15(2)18(14)23-19(26)22-11-17(25)24-13-21(5)10-16(24)9-20(3,4)12-21/h6-8,16H,9-13H2,1-5H3,(H2,22,23,26). The number of anilines is 1. The summed E-state index contributed by atoms with van der Waals surface area (Å²) in [4.78, 5) is 26.9. The fourth-order valence-corrected chi connectivity index (χ4v) is 5.18. The van der Waals surface area contributed by atoms with Crippen LogP contribution in [0.3, 0.4) is 0 Å². The molecule has 2 aliphatic rings. The van der Waals surface area contributed by atoms with Crippen LogP contribution in [0.2, 0.25) is 0 Å². The van der Waals surface area contributed by atoms with E-state index in [1.807, 2.05) is 36.9 Å². The van der Waals surface area contributed by atoms with Crippen LogP contribution in [0.4, 0.5) is 10.5 Å². The second-order valence-corrected chi connectivity index (χ2v) is 9.31. The predicted octanol–water partition coefficient (Wildman–Crippen LogP) is 3.85. The maximum Gasteiger partial charge on any atom is 0.319 e. The molecule has 0 spiro atoms. The predicted molar refractivity (Wildman–Crippen MR) is 104 cm³/mol. The van der Waals surface area contributed by atoms with E-state index in [0.717, 1.165) is 42.6 Å². The van der Waals surface area contributed by atoms with E-state index in [1.54, 1.807) is 0 Å². The summed E-state index contributed by atoms with van der Waals surface area (Å²) >= 11 is 0. The summed E-state index contributed by atoms with van der Waals surface area (Å²) in [5.74, 6) is 0.0214. The van der Waals surface area contributed by atoms with Crippen LogP contribution in [0.1, 0.15) is 51.2 Å². The molecule has 2 fully saturated rings. The topological polar surface area (TPSA) is 61.4 Å². The smallest absolute Gasteiger partial charge is 0.319 e. The van der Waals surface area contributed by atoms with Crippen molar-refractivity contribution in [3.05, 3.63) is 29.3 Å². The van der Waals surface area contributed by atoms with Gasteiger partial charge < -0.3 is 15.5 Å². The van der Waals surface area contributed by atoms with Gasteiger partial charge in [-0.25, -0.2) is 4.79 Å². The third-order valence-corrected chi connectivity index (χ3v) is 5.85. The van der Waals surface area contributed by atoms with Crippen molar-refractivity contribution in [1.29, 1.82) is 0 Å². The van der Waals surface area contributed by atoms with Gasteiger partial charge in [0.25, 0.3) is 0 Å².